The normalized spacial score (nSPS) is 11.6. The molecule has 2 N–H and O–H groups in total. The third-order valence-electron chi connectivity index (χ3n) is 3.72. The maximum absolute atomic E-state index is 13.3. The van der Waals surface area contributed by atoms with E-state index in [2.05, 4.69) is 13.8 Å². The summed E-state index contributed by atoms with van der Waals surface area (Å²) < 4.78 is 31.4. The molecular weight excluding hydrogens is 236 g/mol. The van der Waals surface area contributed by atoms with E-state index in [0.717, 1.165) is 25.3 Å². The van der Waals surface area contributed by atoms with Gasteiger partial charge in [0.15, 0.2) is 11.6 Å². The van der Waals surface area contributed by atoms with Crippen molar-refractivity contribution < 1.29 is 13.5 Å². The highest BCUT2D eigenvalue weighted by Crippen LogP contribution is 2.29. The number of rotatable bonds is 7. The summed E-state index contributed by atoms with van der Waals surface area (Å²) in [6, 6.07) is 3.33. The van der Waals surface area contributed by atoms with Crippen molar-refractivity contribution in [3.8, 4) is 5.75 Å². The average molecular weight is 257 g/mol. The predicted octanol–water partition coefficient (Wildman–Crippen LogP) is 3.50. The van der Waals surface area contributed by atoms with Crippen molar-refractivity contribution in [3.05, 3.63) is 29.8 Å². The van der Waals surface area contributed by atoms with Crippen molar-refractivity contribution in [1.82, 2.24) is 0 Å². The summed E-state index contributed by atoms with van der Waals surface area (Å²) in [6.07, 6.45) is 2.71. The fourth-order valence-corrected chi connectivity index (χ4v) is 1.96. The largest absolute Gasteiger partial charge is 0.490 e. The minimum Gasteiger partial charge on any atom is -0.490 e. The van der Waals surface area contributed by atoms with Gasteiger partial charge in [-0.15, -0.1) is 0 Å². The highest BCUT2D eigenvalue weighted by molar-refractivity contribution is 5.24. The third-order valence-corrected chi connectivity index (χ3v) is 3.72. The van der Waals surface area contributed by atoms with Gasteiger partial charge in [0.2, 0.25) is 0 Å². The molecule has 0 aromatic heterocycles. The Labute approximate surface area is 107 Å². The standard InChI is InChI=1S/C14H21F2NO/c1-3-14(4-2,10-17)7-8-18-13-6-5-11(15)9-12(13)16/h5-6,9H,3-4,7-8,10,17H2,1-2H3. The van der Waals surface area contributed by atoms with Crippen LogP contribution in [0.1, 0.15) is 33.1 Å². The summed E-state index contributed by atoms with van der Waals surface area (Å²) in [5.41, 5.74) is 5.83. The zero-order valence-electron chi connectivity index (χ0n) is 11.0. The van der Waals surface area contributed by atoms with Crippen LogP contribution in [0, 0.1) is 17.0 Å². The molecule has 0 fully saturated rings. The lowest BCUT2D eigenvalue weighted by Gasteiger charge is -2.29. The molecule has 1 aromatic carbocycles. The Morgan fingerprint density at radius 1 is 1.22 bits per heavy atom. The summed E-state index contributed by atoms with van der Waals surface area (Å²) in [5.74, 6) is -1.17. The summed E-state index contributed by atoms with van der Waals surface area (Å²) in [6.45, 7) is 5.17. The number of nitrogens with two attached hydrogens (primary N) is 1. The van der Waals surface area contributed by atoms with E-state index in [1.54, 1.807) is 0 Å². The van der Waals surface area contributed by atoms with Gasteiger partial charge in [-0.2, -0.15) is 0 Å². The molecule has 0 aliphatic heterocycles. The summed E-state index contributed by atoms with van der Waals surface area (Å²) in [7, 11) is 0. The summed E-state index contributed by atoms with van der Waals surface area (Å²) in [5, 5.41) is 0. The van der Waals surface area contributed by atoms with Gasteiger partial charge in [-0.1, -0.05) is 13.8 Å². The van der Waals surface area contributed by atoms with Gasteiger partial charge in [0.1, 0.15) is 5.82 Å². The quantitative estimate of drug-likeness (QED) is 0.811. The lowest BCUT2D eigenvalue weighted by Crippen LogP contribution is -2.31. The smallest absolute Gasteiger partial charge is 0.167 e. The Morgan fingerprint density at radius 2 is 1.89 bits per heavy atom. The molecule has 0 atom stereocenters. The third kappa shape index (κ3) is 3.67. The lowest BCUT2D eigenvalue weighted by molar-refractivity contribution is 0.183. The molecule has 0 aliphatic rings. The first-order chi connectivity index (χ1) is 8.56. The fraction of sp³-hybridized carbons (Fsp3) is 0.571. The van der Waals surface area contributed by atoms with Gasteiger partial charge >= 0.3 is 0 Å². The van der Waals surface area contributed by atoms with Crippen molar-refractivity contribution in [2.75, 3.05) is 13.2 Å². The van der Waals surface area contributed by atoms with E-state index in [1.165, 1.54) is 12.1 Å². The molecule has 0 amide bonds. The topological polar surface area (TPSA) is 35.2 Å². The maximum atomic E-state index is 13.3. The molecule has 0 bridgehead atoms. The van der Waals surface area contributed by atoms with Crippen LogP contribution < -0.4 is 10.5 Å². The SMILES string of the molecule is CCC(CC)(CN)CCOc1ccc(F)cc1F. The Kier molecular flexibility index (Phi) is 5.54. The number of halogens is 2. The van der Waals surface area contributed by atoms with Gasteiger partial charge in [0.25, 0.3) is 0 Å². The first-order valence-corrected chi connectivity index (χ1v) is 6.35. The monoisotopic (exact) mass is 257 g/mol. The van der Waals surface area contributed by atoms with E-state index in [0.29, 0.717) is 13.2 Å². The van der Waals surface area contributed by atoms with Crippen LogP contribution in [-0.2, 0) is 0 Å². The molecule has 0 radical (unpaired) electrons. The number of hydrogen-bond donors (Lipinski definition) is 1. The molecular formula is C14H21F2NO. The Hall–Kier alpha value is -1.16. The van der Waals surface area contributed by atoms with Crippen LogP contribution in [0.2, 0.25) is 0 Å². The minimum absolute atomic E-state index is 0.0521. The zero-order valence-corrected chi connectivity index (χ0v) is 11.0. The van der Waals surface area contributed by atoms with Crippen LogP contribution in [0.3, 0.4) is 0 Å². The Bertz CT molecular complexity index is 370. The van der Waals surface area contributed by atoms with Crippen LogP contribution in [0.25, 0.3) is 0 Å². The molecule has 18 heavy (non-hydrogen) atoms. The summed E-state index contributed by atoms with van der Waals surface area (Å²) in [4.78, 5) is 0. The first-order valence-electron chi connectivity index (χ1n) is 6.35. The number of ether oxygens (including phenoxy) is 1. The minimum atomic E-state index is -0.665. The Morgan fingerprint density at radius 3 is 2.39 bits per heavy atom. The summed E-state index contributed by atoms with van der Waals surface area (Å²) >= 11 is 0. The van der Waals surface area contributed by atoms with Gasteiger partial charge in [-0.25, -0.2) is 8.78 Å². The van der Waals surface area contributed by atoms with Gasteiger partial charge in [0, 0.05) is 6.07 Å². The van der Waals surface area contributed by atoms with E-state index in [4.69, 9.17) is 10.5 Å². The van der Waals surface area contributed by atoms with Crippen LogP contribution >= 0.6 is 0 Å². The molecule has 1 rings (SSSR count). The van der Waals surface area contributed by atoms with Gasteiger partial charge in [-0.3, -0.25) is 0 Å². The van der Waals surface area contributed by atoms with Crippen LogP contribution in [0.15, 0.2) is 18.2 Å². The van der Waals surface area contributed by atoms with Crippen LogP contribution in [0.5, 0.6) is 5.75 Å². The molecule has 0 saturated carbocycles. The van der Waals surface area contributed by atoms with Crippen molar-refractivity contribution in [3.63, 3.8) is 0 Å². The predicted molar refractivity (Wildman–Crippen MR) is 68.5 cm³/mol. The fourth-order valence-electron chi connectivity index (χ4n) is 1.96. The highest BCUT2D eigenvalue weighted by Gasteiger charge is 2.24. The average Bonchev–Trinajstić information content (AvgIpc) is 2.38. The van der Waals surface area contributed by atoms with Crippen molar-refractivity contribution in [2.24, 2.45) is 11.1 Å². The molecule has 0 spiro atoms. The molecule has 102 valence electrons. The van der Waals surface area contributed by atoms with E-state index >= 15 is 0 Å². The van der Waals surface area contributed by atoms with E-state index < -0.39 is 11.6 Å². The molecule has 0 heterocycles. The second-order valence-corrected chi connectivity index (χ2v) is 4.58. The number of hydrogen-bond acceptors (Lipinski definition) is 2. The molecule has 2 nitrogen and oxygen atoms in total. The van der Waals surface area contributed by atoms with E-state index in [-0.39, 0.29) is 11.2 Å². The van der Waals surface area contributed by atoms with Gasteiger partial charge in [0.05, 0.1) is 6.61 Å². The van der Waals surface area contributed by atoms with Crippen molar-refractivity contribution >= 4 is 0 Å². The zero-order chi connectivity index (χ0) is 13.6. The highest BCUT2D eigenvalue weighted by atomic mass is 19.1. The second-order valence-electron chi connectivity index (χ2n) is 4.58. The van der Waals surface area contributed by atoms with Gasteiger partial charge < -0.3 is 10.5 Å². The first kappa shape index (κ1) is 14.9. The molecule has 1 aromatic rings. The molecule has 0 unspecified atom stereocenters. The van der Waals surface area contributed by atoms with Crippen LogP contribution in [-0.4, -0.2) is 13.2 Å². The molecule has 4 heteroatoms. The Balaban J connectivity index is 2.55. The van der Waals surface area contributed by atoms with Gasteiger partial charge in [-0.05, 0) is 43.4 Å². The maximum Gasteiger partial charge on any atom is 0.167 e. The second kappa shape index (κ2) is 6.69. The van der Waals surface area contributed by atoms with Crippen molar-refractivity contribution in [1.29, 1.82) is 0 Å². The number of benzene rings is 1. The van der Waals surface area contributed by atoms with Crippen molar-refractivity contribution in [2.45, 2.75) is 33.1 Å². The molecule has 0 saturated heterocycles. The van der Waals surface area contributed by atoms with E-state index in [9.17, 15) is 8.78 Å². The van der Waals surface area contributed by atoms with Crippen LogP contribution in [0.4, 0.5) is 8.78 Å². The molecule has 0 aliphatic carbocycles. The lowest BCUT2D eigenvalue weighted by atomic mass is 9.80. The van der Waals surface area contributed by atoms with E-state index in [1.807, 2.05) is 0 Å².